The minimum absolute atomic E-state index is 0.0696. The molecule has 1 amide bonds. The quantitative estimate of drug-likeness (QED) is 0.858. The Balaban J connectivity index is 1.81. The Hall–Kier alpha value is -2.45. The van der Waals surface area contributed by atoms with Crippen LogP contribution in [0.4, 0.5) is 11.4 Å². The lowest BCUT2D eigenvalue weighted by Gasteiger charge is -2.22. The predicted molar refractivity (Wildman–Crippen MR) is 94.8 cm³/mol. The Labute approximate surface area is 150 Å². The monoisotopic (exact) mass is 382 g/mol. The van der Waals surface area contributed by atoms with Gasteiger partial charge in [0.1, 0.15) is 6.54 Å². The van der Waals surface area contributed by atoms with Crippen LogP contribution in [-0.4, -0.2) is 33.9 Å². The molecule has 3 rings (SSSR count). The van der Waals surface area contributed by atoms with Gasteiger partial charge in [-0.05, 0) is 30.3 Å². The van der Waals surface area contributed by atoms with Crippen LogP contribution in [0.3, 0.4) is 0 Å². The number of benzene rings is 2. The SMILES string of the molecule is CS(=O)(=O)N(CC(=O)Nc1cccc2c1OCO2)c1cccc(Cl)c1. The molecule has 0 radical (unpaired) electrons. The lowest BCUT2D eigenvalue weighted by Crippen LogP contribution is -2.37. The number of ether oxygens (including phenoxy) is 2. The third-order valence-electron chi connectivity index (χ3n) is 3.45. The summed E-state index contributed by atoms with van der Waals surface area (Å²) in [6.45, 7) is -0.329. The van der Waals surface area contributed by atoms with Gasteiger partial charge >= 0.3 is 0 Å². The summed E-state index contributed by atoms with van der Waals surface area (Å²) in [5.74, 6) is 0.423. The van der Waals surface area contributed by atoms with Gasteiger partial charge in [-0.25, -0.2) is 8.42 Å². The van der Waals surface area contributed by atoms with Crippen molar-refractivity contribution in [2.24, 2.45) is 0 Å². The number of nitrogens with one attached hydrogen (secondary N) is 1. The number of sulfonamides is 1. The molecule has 0 unspecified atom stereocenters. The normalized spacial score (nSPS) is 12.7. The van der Waals surface area contributed by atoms with E-state index in [1.165, 1.54) is 6.07 Å². The molecule has 1 aliphatic rings. The molecule has 0 atom stereocenters. The number of carbonyl (C=O) groups is 1. The minimum atomic E-state index is -3.68. The Kier molecular flexibility index (Phi) is 4.73. The molecule has 2 aromatic carbocycles. The molecule has 0 saturated heterocycles. The maximum atomic E-state index is 12.4. The average molecular weight is 383 g/mol. The lowest BCUT2D eigenvalue weighted by atomic mass is 10.2. The predicted octanol–water partition coefficient (Wildman–Crippen LogP) is 2.47. The molecule has 2 aromatic rings. The van der Waals surface area contributed by atoms with Crippen LogP contribution in [0.15, 0.2) is 42.5 Å². The number of amides is 1. The van der Waals surface area contributed by atoms with E-state index < -0.39 is 22.5 Å². The van der Waals surface area contributed by atoms with Crippen molar-refractivity contribution < 1.29 is 22.7 Å². The van der Waals surface area contributed by atoms with Gasteiger partial charge in [0.2, 0.25) is 22.7 Å². The first-order chi connectivity index (χ1) is 11.8. The molecule has 1 heterocycles. The molecule has 0 fully saturated rings. The molecule has 0 saturated carbocycles. The van der Waals surface area contributed by atoms with E-state index in [1.807, 2.05) is 0 Å². The van der Waals surface area contributed by atoms with Crippen LogP contribution in [0, 0.1) is 0 Å². The number of nitrogens with zero attached hydrogens (tertiary/aromatic N) is 1. The number of hydrogen-bond acceptors (Lipinski definition) is 5. The van der Waals surface area contributed by atoms with Crippen molar-refractivity contribution in [3.8, 4) is 11.5 Å². The first-order valence-corrected chi connectivity index (χ1v) is 9.49. The number of anilines is 2. The van der Waals surface area contributed by atoms with Crippen LogP contribution in [0.1, 0.15) is 0 Å². The summed E-state index contributed by atoms with van der Waals surface area (Å²) in [7, 11) is -3.68. The Bertz CT molecular complexity index is 916. The second kappa shape index (κ2) is 6.81. The molecule has 7 nitrogen and oxygen atoms in total. The molecule has 0 aliphatic carbocycles. The largest absolute Gasteiger partial charge is 0.454 e. The van der Waals surface area contributed by atoms with Crippen LogP contribution in [-0.2, 0) is 14.8 Å². The Morgan fingerprint density at radius 1 is 1.24 bits per heavy atom. The molecular weight excluding hydrogens is 368 g/mol. The summed E-state index contributed by atoms with van der Waals surface area (Å²) in [6.07, 6.45) is 1.03. The summed E-state index contributed by atoms with van der Waals surface area (Å²) in [6, 6.07) is 11.3. The number of halogens is 1. The third kappa shape index (κ3) is 3.97. The lowest BCUT2D eigenvalue weighted by molar-refractivity contribution is -0.114. The van der Waals surface area contributed by atoms with Gasteiger partial charge in [0.25, 0.3) is 0 Å². The van der Waals surface area contributed by atoms with Gasteiger partial charge in [0.15, 0.2) is 11.5 Å². The number of para-hydroxylation sites is 1. The van der Waals surface area contributed by atoms with Crippen LogP contribution in [0.25, 0.3) is 0 Å². The summed E-state index contributed by atoms with van der Waals surface area (Å²) in [4.78, 5) is 12.4. The van der Waals surface area contributed by atoms with Crippen molar-refractivity contribution in [2.75, 3.05) is 29.2 Å². The van der Waals surface area contributed by atoms with Crippen molar-refractivity contribution in [1.82, 2.24) is 0 Å². The zero-order valence-corrected chi connectivity index (χ0v) is 14.8. The van der Waals surface area contributed by atoms with Gasteiger partial charge in [-0.15, -0.1) is 0 Å². The van der Waals surface area contributed by atoms with Crippen molar-refractivity contribution >= 4 is 38.9 Å². The van der Waals surface area contributed by atoms with Crippen LogP contribution >= 0.6 is 11.6 Å². The molecule has 25 heavy (non-hydrogen) atoms. The van der Waals surface area contributed by atoms with Gasteiger partial charge < -0.3 is 14.8 Å². The molecular formula is C16H15ClN2O5S. The third-order valence-corrected chi connectivity index (χ3v) is 4.83. The first-order valence-electron chi connectivity index (χ1n) is 7.26. The van der Waals surface area contributed by atoms with Crippen molar-refractivity contribution in [2.45, 2.75) is 0 Å². The molecule has 0 spiro atoms. The van der Waals surface area contributed by atoms with E-state index in [4.69, 9.17) is 21.1 Å². The zero-order valence-electron chi connectivity index (χ0n) is 13.2. The van der Waals surface area contributed by atoms with Crippen LogP contribution < -0.4 is 19.1 Å². The number of hydrogen-bond donors (Lipinski definition) is 1. The maximum absolute atomic E-state index is 12.4. The highest BCUT2D eigenvalue weighted by Crippen LogP contribution is 2.38. The van der Waals surface area contributed by atoms with E-state index >= 15 is 0 Å². The molecule has 132 valence electrons. The number of carbonyl (C=O) groups excluding carboxylic acids is 1. The van der Waals surface area contributed by atoms with E-state index in [9.17, 15) is 13.2 Å². The highest BCUT2D eigenvalue weighted by molar-refractivity contribution is 7.92. The fourth-order valence-electron chi connectivity index (χ4n) is 2.38. The van der Waals surface area contributed by atoms with Gasteiger partial charge in [-0.1, -0.05) is 23.7 Å². The highest BCUT2D eigenvalue weighted by atomic mass is 35.5. The van der Waals surface area contributed by atoms with Crippen LogP contribution in [0.5, 0.6) is 11.5 Å². The van der Waals surface area contributed by atoms with Gasteiger partial charge in [0.05, 0.1) is 17.6 Å². The van der Waals surface area contributed by atoms with E-state index in [2.05, 4.69) is 5.32 Å². The molecule has 0 bridgehead atoms. The molecule has 0 aromatic heterocycles. The fraction of sp³-hybridized carbons (Fsp3) is 0.188. The molecule has 1 N–H and O–H groups in total. The number of fused-ring (bicyclic) bond motifs is 1. The van der Waals surface area contributed by atoms with Crippen molar-refractivity contribution in [3.63, 3.8) is 0 Å². The van der Waals surface area contributed by atoms with E-state index in [1.54, 1.807) is 36.4 Å². The summed E-state index contributed by atoms with van der Waals surface area (Å²) < 4.78 is 35.7. The van der Waals surface area contributed by atoms with E-state index in [0.717, 1.165) is 10.6 Å². The van der Waals surface area contributed by atoms with E-state index in [-0.39, 0.29) is 6.79 Å². The minimum Gasteiger partial charge on any atom is -0.454 e. The smallest absolute Gasteiger partial charge is 0.245 e. The van der Waals surface area contributed by atoms with Gasteiger partial charge in [-0.2, -0.15) is 0 Å². The zero-order chi connectivity index (χ0) is 18.0. The van der Waals surface area contributed by atoms with Gasteiger partial charge in [0, 0.05) is 5.02 Å². The Morgan fingerprint density at radius 3 is 2.72 bits per heavy atom. The maximum Gasteiger partial charge on any atom is 0.245 e. The Morgan fingerprint density at radius 2 is 2.00 bits per heavy atom. The van der Waals surface area contributed by atoms with Crippen molar-refractivity contribution in [1.29, 1.82) is 0 Å². The first kappa shape index (κ1) is 17.4. The fourth-order valence-corrected chi connectivity index (χ4v) is 3.41. The van der Waals surface area contributed by atoms with Gasteiger partial charge in [-0.3, -0.25) is 9.10 Å². The topological polar surface area (TPSA) is 84.9 Å². The summed E-state index contributed by atoms with van der Waals surface area (Å²) in [5.41, 5.74) is 0.725. The van der Waals surface area contributed by atoms with Crippen molar-refractivity contribution in [3.05, 3.63) is 47.5 Å². The highest BCUT2D eigenvalue weighted by Gasteiger charge is 2.23. The molecule has 9 heteroatoms. The second-order valence-electron chi connectivity index (χ2n) is 5.34. The van der Waals surface area contributed by atoms with Crippen LogP contribution in [0.2, 0.25) is 5.02 Å². The summed E-state index contributed by atoms with van der Waals surface area (Å²) in [5, 5.41) is 3.02. The average Bonchev–Trinajstić information content (AvgIpc) is 3.01. The summed E-state index contributed by atoms with van der Waals surface area (Å²) >= 11 is 5.92. The second-order valence-corrected chi connectivity index (χ2v) is 7.68. The van der Waals surface area contributed by atoms with E-state index in [0.29, 0.717) is 27.9 Å². The standard InChI is InChI=1S/C16H15ClN2O5S/c1-25(21,22)19(12-5-2-4-11(17)8-12)9-15(20)18-13-6-3-7-14-16(13)24-10-23-14/h2-8H,9-10H2,1H3,(H,18,20). The molecule has 1 aliphatic heterocycles. The number of rotatable bonds is 5.